The van der Waals surface area contributed by atoms with E-state index in [1.807, 2.05) is 79.2 Å². The number of aliphatic hydroxyl groups is 2. The van der Waals surface area contributed by atoms with E-state index in [-0.39, 0.29) is 17.9 Å². The van der Waals surface area contributed by atoms with Gasteiger partial charge in [-0.05, 0) is 40.8 Å². The molecule has 0 aliphatic rings. The van der Waals surface area contributed by atoms with Gasteiger partial charge in [0.25, 0.3) is 5.91 Å². The highest BCUT2D eigenvalue weighted by atomic mass is 32.2. The monoisotopic (exact) mass is 542 g/mol. The third kappa shape index (κ3) is 8.98. The molecular formula is C28H34N2O5S2. The van der Waals surface area contributed by atoms with Gasteiger partial charge >= 0.3 is 0 Å². The Hall–Kier alpha value is -2.69. The van der Waals surface area contributed by atoms with Crippen molar-refractivity contribution in [1.82, 2.24) is 10.0 Å². The summed E-state index contributed by atoms with van der Waals surface area (Å²) >= 11 is 1.50. The molecule has 3 rings (SSSR count). The Bertz CT molecular complexity index is 1280. The second kappa shape index (κ2) is 13.2. The van der Waals surface area contributed by atoms with Gasteiger partial charge in [-0.25, -0.2) is 13.1 Å². The van der Waals surface area contributed by atoms with Crippen molar-refractivity contribution in [2.24, 2.45) is 0 Å². The van der Waals surface area contributed by atoms with Gasteiger partial charge in [0.05, 0.1) is 24.5 Å². The van der Waals surface area contributed by atoms with Crippen molar-refractivity contribution < 1.29 is 23.4 Å². The Labute approximate surface area is 223 Å². The summed E-state index contributed by atoms with van der Waals surface area (Å²) < 4.78 is 25.1. The molecule has 0 heterocycles. The number of hydrogen-bond donors (Lipinski definition) is 4. The average molecular weight is 543 g/mol. The molecule has 37 heavy (non-hydrogen) atoms. The van der Waals surface area contributed by atoms with Gasteiger partial charge in [-0.3, -0.25) is 4.79 Å². The summed E-state index contributed by atoms with van der Waals surface area (Å²) in [6, 6.07) is 22.5. The van der Waals surface area contributed by atoms with Gasteiger partial charge in [-0.15, -0.1) is 11.8 Å². The van der Waals surface area contributed by atoms with Crippen molar-refractivity contribution in [2.75, 3.05) is 19.4 Å². The van der Waals surface area contributed by atoms with Crippen LogP contribution >= 0.6 is 11.8 Å². The summed E-state index contributed by atoms with van der Waals surface area (Å²) in [5, 5.41) is 23.6. The SMILES string of the molecule is CC(C)Sc1cc(-c2ccc(C[C@@H](CO)NC[C@H](O)c3ccccc3)cc2)ccc1C(=O)NS(C)(=O)=O. The Kier molecular flexibility index (Phi) is 10.3. The number of nitrogens with one attached hydrogen (secondary N) is 2. The molecule has 0 aliphatic heterocycles. The summed E-state index contributed by atoms with van der Waals surface area (Å²) in [6.45, 7) is 4.29. The molecule has 0 fully saturated rings. The molecule has 0 unspecified atom stereocenters. The number of carbonyl (C=O) groups excluding carboxylic acids is 1. The molecule has 0 aliphatic carbocycles. The summed E-state index contributed by atoms with van der Waals surface area (Å²) in [5.74, 6) is -0.646. The first-order valence-corrected chi connectivity index (χ1v) is 14.8. The van der Waals surface area contributed by atoms with Crippen LogP contribution < -0.4 is 10.0 Å². The van der Waals surface area contributed by atoms with Crippen molar-refractivity contribution in [3.63, 3.8) is 0 Å². The predicted molar refractivity (Wildman–Crippen MR) is 149 cm³/mol. The molecule has 3 aromatic rings. The van der Waals surface area contributed by atoms with E-state index in [0.717, 1.165) is 28.5 Å². The summed E-state index contributed by atoms with van der Waals surface area (Å²) in [4.78, 5) is 13.2. The molecule has 4 N–H and O–H groups in total. The predicted octanol–water partition coefficient (Wildman–Crippen LogP) is 3.77. The van der Waals surface area contributed by atoms with Crippen LogP contribution in [0.3, 0.4) is 0 Å². The highest BCUT2D eigenvalue weighted by Gasteiger charge is 2.18. The molecule has 0 saturated heterocycles. The van der Waals surface area contributed by atoms with Crippen LogP contribution in [0.25, 0.3) is 11.1 Å². The quantitative estimate of drug-likeness (QED) is 0.258. The maximum absolute atomic E-state index is 12.5. The normalized spacial score (nSPS) is 13.4. The molecule has 9 heteroatoms. The lowest BCUT2D eigenvalue weighted by molar-refractivity contribution is 0.0979. The molecule has 0 saturated carbocycles. The zero-order chi connectivity index (χ0) is 27.0. The number of hydrogen-bond acceptors (Lipinski definition) is 7. The van der Waals surface area contributed by atoms with Gasteiger partial charge in [0, 0.05) is 22.7 Å². The van der Waals surface area contributed by atoms with Crippen molar-refractivity contribution in [3.05, 3.63) is 89.5 Å². The van der Waals surface area contributed by atoms with Crippen LogP contribution in [0.5, 0.6) is 0 Å². The van der Waals surface area contributed by atoms with Crippen LogP contribution in [0.4, 0.5) is 0 Å². The minimum Gasteiger partial charge on any atom is -0.395 e. The third-order valence-corrected chi connectivity index (χ3v) is 7.26. The maximum Gasteiger partial charge on any atom is 0.265 e. The molecular weight excluding hydrogens is 508 g/mol. The number of amides is 1. The second-order valence-electron chi connectivity index (χ2n) is 9.20. The number of aliphatic hydroxyl groups excluding tert-OH is 2. The van der Waals surface area contributed by atoms with E-state index in [1.165, 1.54) is 11.8 Å². The van der Waals surface area contributed by atoms with Gasteiger partial charge in [0.2, 0.25) is 10.0 Å². The van der Waals surface area contributed by atoms with Crippen LogP contribution in [0.2, 0.25) is 0 Å². The smallest absolute Gasteiger partial charge is 0.265 e. The van der Waals surface area contributed by atoms with E-state index < -0.39 is 22.0 Å². The Morgan fingerprint density at radius 1 is 0.973 bits per heavy atom. The van der Waals surface area contributed by atoms with Gasteiger partial charge in [-0.2, -0.15) is 0 Å². The molecule has 3 aromatic carbocycles. The second-order valence-corrected chi connectivity index (χ2v) is 12.6. The topological polar surface area (TPSA) is 116 Å². The Balaban J connectivity index is 1.70. The first kappa shape index (κ1) is 28.9. The van der Waals surface area contributed by atoms with E-state index in [0.29, 0.717) is 23.4 Å². The zero-order valence-corrected chi connectivity index (χ0v) is 22.9. The average Bonchev–Trinajstić information content (AvgIpc) is 2.85. The van der Waals surface area contributed by atoms with E-state index in [2.05, 4.69) is 5.32 Å². The fraction of sp³-hybridized carbons (Fsp3) is 0.321. The molecule has 7 nitrogen and oxygen atoms in total. The molecule has 198 valence electrons. The van der Waals surface area contributed by atoms with Gasteiger partial charge < -0.3 is 15.5 Å². The number of sulfonamides is 1. The van der Waals surface area contributed by atoms with Crippen LogP contribution in [-0.2, 0) is 16.4 Å². The van der Waals surface area contributed by atoms with Gasteiger partial charge in [0.15, 0.2) is 0 Å². The minimum absolute atomic E-state index is 0.0595. The van der Waals surface area contributed by atoms with Crippen LogP contribution in [0.15, 0.2) is 77.7 Å². The first-order chi connectivity index (χ1) is 17.6. The summed E-state index contributed by atoms with van der Waals surface area (Å²) in [6.07, 6.45) is 0.897. The largest absolute Gasteiger partial charge is 0.395 e. The van der Waals surface area contributed by atoms with Crippen molar-refractivity contribution in [3.8, 4) is 11.1 Å². The molecule has 0 aromatic heterocycles. The standard InChI is InChI=1S/C28H34N2O5S2/c1-19(2)36-27-16-23(13-14-25(27)28(33)30-37(3,34)35)21-11-9-20(10-12-21)15-24(18-31)29-17-26(32)22-7-5-4-6-8-22/h4-14,16,19,24,26,29,31-32H,15,17-18H2,1-3H3,(H,30,33)/t24-,26-/m0/s1. The van der Waals surface area contributed by atoms with Crippen molar-refractivity contribution >= 4 is 27.7 Å². The summed E-state index contributed by atoms with van der Waals surface area (Å²) in [7, 11) is -3.67. The molecule has 0 bridgehead atoms. The van der Waals surface area contributed by atoms with Gasteiger partial charge in [0.1, 0.15) is 0 Å². The van der Waals surface area contributed by atoms with E-state index in [9.17, 15) is 23.4 Å². The number of benzene rings is 3. The van der Waals surface area contributed by atoms with Crippen molar-refractivity contribution in [2.45, 2.75) is 42.6 Å². The van der Waals surface area contributed by atoms with Gasteiger partial charge in [-0.1, -0.05) is 74.5 Å². The minimum atomic E-state index is -3.67. The number of rotatable bonds is 12. The van der Waals surface area contributed by atoms with Crippen molar-refractivity contribution in [1.29, 1.82) is 0 Å². The summed E-state index contributed by atoms with van der Waals surface area (Å²) in [5.41, 5.74) is 4.04. The first-order valence-electron chi connectivity index (χ1n) is 12.0. The lowest BCUT2D eigenvalue weighted by Gasteiger charge is -2.19. The lowest BCUT2D eigenvalue weighted by atomic mass is 9.99. The highest BCUT2D eigenvalue weighted by molar-refractivity contribution is 8.00. The Morgan fingerprint density at radius 3 is 2.22 bits per heavy atom. The zero-order valence-electron chi connectivity index (χ0n) is 21.2. The Morgan fingerprint density at radius 2 is 1.62 bits per heavy atom. The molecule has 1 amide bonds. The van der Waals surface area contributed by atoms with E-state index in [4.69, 9.17) is 0 Å². The molecule has 2 atom stereocenters. The van der Waals surface area contributed by atoms with Crippen LogP contribution in [0.1, 0.15) is 41.4 Å². The number of thioether (sulfide) groups is 1. The fourth-order valence-corrected chi connectivity index (χ4v) is 5.29. The van der Waals surface area contributed by atoms with Crippen LogP contribution in [0, 0.1) is 0 Å². The fourth-order valence-electron chi connectivity index (χ4n) is 3.85. The third-order valence-electron chi connectivity index (χ3n) is 5.64. The number of carbonyl (C=O) groups is 1. The lowest BCUT2D eigenvalue weighted by Crippen LogP contribution is -2.37. The highest BCUT2D eigenvalue weighted by Crippen LogP contribution is 2.32. The molecule has 0 radical (unpaired) electrons. The van der Waals surface area contributed by atoms with E-state index in [1.54, 1.807) is 12.1 Å². The van der Waals surface area contributed by atoms with Crippen LogP contribution in [-0.4, -0.2) is 55.2 Å². The maximum atomic E-state index is 12.5. The molecule has 0 spiro atoms. The van der Waals surface area contributed by atoms with E-state index >= 15 is 0 Å².